The van der Waals surface area contributed by atoms with Crippen LogP contribution in [0.1, 0.15) is 5.69 Å². The Kier molecular flexibility index (Phi) is 5.63. The van der Waals surface area contributed by atoms with Crippen molar-refractivity contribution in [3.05, 3.63) is 27.9 Å². The number of aromatic nitrogens is 3. The van der Waals surface area contributed by atoms with Crippen LogP contribution in [-0.2, 0) is 14.4 Å². The first kappa shape index (κ1) is 20.6. The summed E-state index contributed by atoms with van der Waals surface area (Å²) in [6, 6.07) is -0.971. The molecule has 16 heteroatoms. The Hall–Kier alpha value is -2.69. The molecule has 12 nitrogen and oxygen atoms in total. The lowest BCUT2D eigenvalue weighted by molar-refractivity contribution is -0.150. The predicted octanol–water partition coefficient (Wildman–Crippen LogP) is 0.244. The number of carbonyl (C=O) groups is 3. The molecule has 0 unspecified atom stereocenters. The molecule has 156 valence electrons. The number of carbonyl (C=O) groups excluding carboxylic acids is 2. The molecule has 5 N–H and O–H groups in total. The molecule has 2 amide bonds. The molecule has 0 radical (unpaired) electrons. The number of nitrogens with zero attached hydrogens (tertiary/aromatic N) is 5. The zero-order valence-electron chi connectivity index (χ0n) is 14.6. The topological polar surface area (TPSA) is 184 Å². The van der Waals surface area contributed by atoms with Gasteiger partial charge in [0.2, 0.25) is 0 Å². The van der Waals surface area contributed by atoms with Crippen molar-refractivity contribution in [3.8, 4) is 0 Å². The smallest absolute Gasteiger partial charge is 0.353 e. The van der Waals surface area contributed by atoms with Gasteiger partial charge in [0.25, 0.3) is 11.8 Å². The van der Waals surface area contributed by atoms with Gasteiger partial charge in [-0.2, -0.15) is 0 Å². The number of carboxylic acids is 1. The molecule has 2 aromatic rings. The van der Waals surface area contributed by atoms with Crippen LogP contribution in [0.25, 0.3) is 0 Å². The van der Waals surface area contributed by atoms with E-state index < -0.39 is 34.9 Å². The summed E-state index contributed by atoms with van der Waals surface area (Å²) in [6.07, 6.45) is 1.51. The number of nitrogen functional groups attached to an aromatic ring is 1. The van der Waals surface area contributed by atoms with E-state index in [4.69, 9.17) is 5.73 Å². The zero-order chi connectivity index (χ0) is 21.4. The largest absolute Gasteiger partial charge is 0.477 e. The van der Waals surface area contributed by atoms with Crippen LogP contribution in [0.3, 0.4) is 0 Å². The number of nitrogens with one attached hydrogen (secondary N) is 1. The summed E-state index contributed by atoms with van der Waals surface area (Å²) in [5.41, 5.74) is 5.08. The summed E-state index contributed by atoms with van der Waals surface area (Å²) in [5, 5.41) is 29.0. The molecule has 4 rings (SSSR count). The highest BCUT2D eigenvalue weighted by Crippen LogP contribution is 2.45. The molecule has 0 spiro atoms. The molecule has 2 atom stereocenters. The van der Waals surface area contributed by atoms with E-state index in [9.17, 15) is 24.7 Å². The Morgan fingerprint density at radius 1 is 1.43 bits per heavy atom. The van der Waals surface area contributed by atoms with Gasteiger partial charge in [0.15, 0.2) is 10.8 Å². The number of hydrogen-bond donors (Lipinski definition) is 4. The highest BCUT2D eigenvalue weighted by Gasteiger charge is 2.54. The van der Waals surface area contributed by atoms with Crippen LogP contribution in [0.5, 0.6) is 0 Å². The van der Waals surface area contributed by atoms with Gasteiger partial charge in [0, 0.05) is 16.0 Å². The Bertz CT molecular complexity index is 1080. The highest BCUT2D eigenvalue weighted by atomic mass is 32.2. The molecule has 0 aliphatic carbocycles. The van der Waals surface area contributed by atoms with Crippen molar-refractivity contribution in [2.75, 3.05) is 11.5 Å². The lowest BCUT2D eigenvalue weighted by atomic mass is 10.0. The number of nitrogens with two attached hydrogens (primary N) is 1. The normalized spacial score (nSPS) is 21.3. The van der Waals surface area contributed by atoms with Gasteiger partial charge in [-0.15, -0.1) is 28.2 Å². The Morgan fingerprint density at radius 3 is 2.83 bits per heavy atom. The van der Waals surface area contributed by atoms with Gasteiger partial charge in [0.05, 0.1) is 6.20 Å². The minimum absolute atomic E-state index is 0.0698. The molecule has 2 aliphatic heterocycles. The molecular formula is C14H11N7O5S4. The fraction of sp³-hybridized carbons (Fsp3) is 0.214. The lowest BCUT2D eigenvalue weighted by Crippen LogP contribution is -2.71. The minimum Gasteiger partial charge on any atom is -0.477 e. The second kappa shape index (κ2) is 8.21. The number of aliphatic carboxylic acids is 1. The van der Waals surface area contributed by atoms with E-state index in [1.54, 1.807) is 0 Å². The Balaban J connectivity index is 1.52. The van der Waals surface area contributed by atoms with Crippen molar-refractivity contribution < 1.29 is 24.7 Å². The van der Waals surface area contributed by atoms with Gasteiger partial charge in [-0.3, -0.25) is 14.5 Å². The molecule has 4 heterocycles. The summed E-state index contributed by atoms with van der Waals surface area (Å²) < 4.78 is 4.44. The number of carboxylic acid groups (broad SMARTS) is 1. The fourth-order valence-electron chi connectivity index (χ4n) is 2.81. The maximum absolute atomic E-state index is 12.7. The van der Waals surface area contributed by atoms with E-state index in [2.05, 4.69) is 25.0 Å². The van der Waals surface area contributed by atoms with Gasteiger partial charge in [0.1, 0.15) is 27.0 Å². The molecule has 1 fully saturated rings. The lowest BCUT2D eigenvalue weighted by Gasteiger charge is -2.49. The Morgan fingerprint density at radius 2 is 2.23 bits per heavy atom. The van der Waals surface area contributed by atoms with Crippen LogP contribution >= 0.6 is 46.4 Å². The van der Waals surface area contributed by atoms with Gasteiger partial charge in [-0.25, -0.2) is 9.78 Å². The summed E-state index contributed by atoms with van der Waals surface area (Å²) >= 11 is 4.69. The third-order valence-corrected chi connectivity index (χ3v) is 8.03. The average Bonchev–Trinajstić information content (AvgIpc) is 3.38. The molecular weight excluding hydrogens is 474 g/mol. The van der Waals surface area contributed by atoms with Crippen LogP contribution in [0, 0.1) is 0 Å². The number of fused-ring (bicyclic) bond motifs is 1. The van der Waals surface area contributed by atoms with Crippen LogP contribution in [0.2, 0.25) is 0 Å². The number of thioether (sulfide) groups is 2. The number of thiazole rings is 1. The van der Waals surface area contributed by atoms with E-state index in [-0.39, 0.29) is 16.5 Å². The maximum atomic E-state index is 12.7. The fourth-order valence-corrected chi connectivity index (χ4v) is 6.44. The van der Waals surface area contributed by atoms with E-state index in [0.717, 1.165) is 27.8 Å². The molecule has 0 saturated carbocycles. The molecule has 1 saturated heterocycles. The van der Waals surface area contributed by atoms with Crippen molar-refractivity contribution in [1.29, 1.82) is 0 Å². The van der Waals surface area contributed by atoms with Crippen LogP contribution in [-0.4, -0.2) is 70.4 Å². The standard InChI is InChI=1S/C14H11N7O5S4/c15-14-17-4(2-28-14)7(19-26)10(22)18-8-11(23)21-9(13(24)25)5(3-27-12(8)21)29-6-1-16-20-30-6/h1-2,8,12,26H,3H2,(H2,15,17)(H,18,22)(H,24,25)/b19-7-/t8-,12-/m1/s1. The quantitative estimate of drug-likeness (QED) is 0.190. The molecule has 2 aliphatic rings. The van der Waals surface area contributed by atoms with Crippen LogP contribution in [0.4, 0.5) is 5.13 Å². The van der Waals surface area contributed by atoms with E-state index in [1.165, 1.54) is 35.1 Å². The minimum atomic E-state index is -1.24. The first-order valence-corrected chi connectivity index (χ1v) is 11.5. The average molecular weight is 486 g/mol. The van der Waals surface area contributed by atoms with Crippen LogP contribution in [0.15, 0.2) is 31.5 Å². The number of anilines is 1. The van der Waals surface area contributed by atoms with E-state index in [1.807, 2.05) is 0 Å². The molecule has 30 heavy (non-hydrogen) atoms. The molecule has 2 aromatic heterocycles. The van der Waals surface area contributed by atoms with Gasteiger partial charge < -0.3 is 21.4 Å². The SMILES string of the molecule is Nc1nc(/C(=N/O)C(=O)N[C@@H]2C(=O)N3C(C(=O)O)=C(Sc4cnns4)CS[C@H]23)cs1. The van der Waals surface area contributed by atoms with Crippen molar-refractivity contribution >= 4 is 75.0 Å². The molecule has 0 aromatic carbocycles. The first-order valence-electron chi connectivity index (χ1n) is 8.01. The third kappa shape index (κ3) is 3.62. The highest BCUT2D eigenvalue weighted by molar-refractivity contribution is 8.07. The van der Waals surface area contributed by atoms with Crippen molar-refractivity contribution in [2.45, 2.75) is 15.6 Å². The molecule has 0 bridgehead atoms. The Labute approximate surface area is 184 Å². The number of oxime groups is 1. The zero-order valence-corrected chi connectivity index (χ0v) is 17.8. The first-order chi connectivity index (χ1) is 14.4. The number of β-lactam (4-membered cyclic amide) rings is 1. The van der Waals surface area contributed by atoms with E-state index in [0.29, 0.717) is 14.9 Å². The number of amides is 2. The summed E-state index contributed by atoms with van der Waals surface area (Å²) in [6.45, 7) is 0. The number of hydrogen-bond acceptors (Lipinski definition) is 13. The van der Waals surface area contributed by atoms with Gasteiger partial charge >= 0.3 is 5.97 Å². The second-order valence-corrected chi connectivity index (χ2v) is 9.97. The van der Waals surface area contributed by atoms with Crippen LogP contribution < -0.4 is 11.1 Å². The van der Waals surface area contributed by atoms with Crippen molar-refractivity contribution in [3.63, 3.8) is 0 Å². The summed E-state index contributed by atoms with van der Waals surface area (Å²) in [4.78, 5) is 42.5. The van der Waals surface area contributed by atoms with E-state index >= 15 is 0 Å². The van der Waals surface area contributed by atoms with Gasteiger partial charge in [-0.05, 0) is 11.5 Å². The monoisotopic (exact) mass is 485 g/mol. The predicted molar refractivity (Wildman–Crippen MR) is 110 cm³/mol. The van der Waals surface area contributed by atoms with Crippen molar-refractivity contribution in [2.24, 2.45) is 5.16 Å². The van der Waals surface area contributed by atoms with Crippen molar-refractivity contribution in [1.82, 2.24) is 24.8 Å². The summed E-state index contributed by atoms with van der Waals surface area (Å²) in [5.74, 6) is -2.31. The maximum Gasteiger partial charge on any atom is 0.353 e. The third-order valence-electron chi connectivity index (χ3n) is 4.07. The second-order valence-electron chi connectivity index (χ2n) is 5.80. The summed E-state index contributed by atoms with van der Waals surface area (Å²) in [7, 11) is 0. The number of rotatable bonds is 6. The van der Waals surface area contributed by atoms with Gasteiger partial charge in [-0.1, -0.05) is 21.4 Å².